The largest absolute Gasteiger partial charge is 0.479 e. The number of carbonyl (C=O) groups excluding carboxylic acids is 1. The van der Waals surface area contributed by atoms with Crippen LogP contribution in [-0.2, 0) is 4.79 Å². The predicted octanol–water partition coefficient (Wildman–Crippen LogP) is 1.46. The Bertz CT molecular complexity index is 445. The highest BCUT2D eigenvalue weighted by atomic mass is 16.5. The van der Waals surface area contributed by atoms with Crippen molar-refractivity contribution in [3.63, 3.8) is 0 Å². The number of rotatable bonds is 2. The van der Waals surface area contributed by atoms with Crippen molar-refractivity contribution in [3.05, 3.63) is 23.8 Å². The number of anilines is 1. The molecule has 1 heterocycles. The molecule has 2 unspecified atom stereocenters. The third-order valence-corrected chi connectivity index (χ3v) is 3.04. The molecule has 0 aromatic heterocycles. The Balaban J connectivity index is 2.50. The number of nitrogens with two attached hydrogens (primary N) is 1. The number of aryl methyl sites for hydroxylation is 1. The highest BCUT2D eigenvalue weighted by Crippen LogP contribution is 2.35. The molecule has 0 saturated carbocycles. The Hall–Kier alpha value is -1.55. The van der Waals surface area contributed by atoms with E-state index in [1.165, 1.54) is 0 Å². The summed E-state index contributed by atoms with van der Waals surface area (Å²) < 4.78 is 5.59. The summed E-state index contributed by atoms with van der Waals surface area (Å²) in [4.78, 5) is 13.9. The lowest BCUT2D eigenvalue weighted by atomic mass is 10.1. The average Bonchev–Trinajstić information content (AvgIpc) is 2.31. The normalized spacial score (nSPS) is 20.8. The molecule has 4 heteroatoms. The summed E-state index contributed by atoms with van der Waals surface area (Å²) in [6.45, 7) is 6.14. The second-order valence-corrected chi connectivity index (χ2v) is 4.52. The number of amides is 1. The SMILES string of the molecule is Cc1ccc2c(c1)N(C(C)CN)C(=O)C(C)O2. The number of benzene rings is 1. The van der Waals surface area contributed by atoms with Crippen molar-refractivity contribution in [1.82, 2.24) is 0 Å². The van der Waals surface area contributed by atoms with Crippen molar-refractivity contribution in [2.75, 3.05) is 11.4 Å². The molecule has 0 saturated heterocycles. The van der Waals surface area contributed by atoms with Crippen LogP contribution in [0.1, 0.15) is 19.4 Å². The fraction of sp³-hybridized carbons (Fsp3) is 0.462. The van der Waals surface area contributed by atoms with E-state index in [0.717, 1.165) is 17.0 Å². The first-order valence-corrected chi connectivity index (χ1v) is 5.85. The zero-order chi connectivity index (χ0) is 12.6. The Kier molecular flexibility index (Phi) is 3.07. The van der Waals surface area contributed by atoms with E-state index in [-0.39, 0.29) is 11.9 Å². The molecular formula is C13H18N2O2. The van der Waals surface area contributed by atoms with Crippen LogP contribution in [0.2, 0.25) is 0 Å². The minimum Gasteiger partial charge on any atom is -0.479 e. The quantitative estimate of drug-likeness (QED) is 0.842. The van der Waals surface area contributed by atoms with Gasteiger partial charge in [-0.05, 0) is 38.5 Å². The Labute approximate surface area is 101 Å². The van der Waals surface area contributed by atoms with Crippen LogP contribution in [0.15, 0.2) is 18.2 Å². The van der Waals surface area contributed by atoms with Crippen LogP contribution in [0.5, 0.6) is 5.75 Å². The van der Waals surface area contributed by atoms with Crippen molar-refractivity contribution in [2.45, 2.75) is 32.9 Å². The van der Waals surface area contributed by atoms with Gasteiger partial charge in [-0.25, -0.2) is 0 Å². The summed E-state index contributed by atoms with van der Waals surface area (Å²) in [5, 5.41) is 0. The van der Waals surface area contributed by atoms with Crippen LogP contribution in [-0.4, -0.2) is 24.6 Å². The van der Waals surface area contributed by atoms with Crippen LogP contribution in [0.4, 0.5) is 5.69 Å². The second kappa shape index (κ2) is 4.37. The predicted molar refractivity (Wildman–Crippen MR) is 67.3 cm³/mol. The van der Waals surface area contributed by atoms with Gasteiger partial charge in [0.1, 0.15) is 5.75 Å². The molecule has 2 atom stereocenters. The van der Waals surface area contributed by atoms with E-state index in [1.807, 2.05) is 32.0 Å². The van der Waals surface area contributed by atoms with Crippen molar-refractivity contribution < 1.29 is 9.53 Å². The molecule has 0 radical (unpaired) electrons. The van der Waals surface area contributed by atoms with Gasteiger partial charge in [0.05, 0.1) is 5.69 Å². The average molecular weight is 234 g/mol. The summed E-state index contributed by atoms with van der Waals surface area (Å²) >= 11 is 0. The maximum atomic E-state index is 12.1. The van der Waals surface area contributed by atoms with E-state index in [4.69, 9.17) is 10.5 Å². The zero-order valence-corrected chi connectivity index (χ0v) is 10.4. The Morgan fingerprint density at radius 2 is 2.24 bits per heavy atom. The first kappa shape index (κ1) is 11.9. The molecule has 1 aromatic carbocycles. The molecule has 0 bridgehead atoms. The monoisotopic (exact) mass is 234 g/mol. The maximum Gasteiger partial charge on any atom is 0.268 e. The standard InChI is InChI=1S/C13H18N2O2/c1-8-4-5-12-11(6-8)15(9(2)7-14)13(16)10(3)17-12/h4-6,9-10H,7,14H2,1-3H3. The van der Waals surface area contributed by atoms with E-state index < -0.39 is 6.10 Å². The minimum absolute atomic E-state index is 0.0191. The lowest BCUT2D eigenvalue weighted by Crippen LogP contribution is -2.51. The molecule has 0 spiro atoms. The van der Waals surface area contributed by atoms with Crippen LogP contribution in [0, 0.1) is 6.92 Å². The van der Waals surface area contributed by atoms with Gasteiger partial charge in [-0.15, -0.1) is 0 Å². The lowest BCUT2D eigenvalue weighted by Gasteiger charge is -2.36. The summed E-state index contributed by atoms with van der Waals surface area (Å²) in [6.07, 6.45) is -0.445. The molecule has 1 amide bonds. The van der Waals surface area contributed by atoms with Crippen LogP contribution in [0.3, 0.4) is 0 Å². The highest BCUT2D eigenvalue weighted by Gasteiger charge is 2.33. The molecule has 0 fully saturated rings. The van der Waals surface area contributed by atoms with Gasteiger partial charge in [-0.1, -0.05) is 6.07 Å². The highest BCUT2D eigenvalue weighted by molar-refractivity contribution is 6.00. The van der Waals surface area contributed by atoms with Crippen molar-refractivity contribution in [2.24, 2.45) is 5.73 Å². The van der Waals surface area contributed by atoms with Crippen LogP contribution >= 0.6 is 0 Å². The molecule has 17 heavy (non-hydrogen) atoms. The number of hydrogen-bond donors (Lipinski definition) is 1. The van der Waals surface area contributed by atoms with E-state index >= 15 is 0 Å². The van der Waals surface area contributed by atoms with Crippen molar-refractivity contribution in [1.29, 1.82) is 0 Å². The van der Waals surface area contributed by atoms with Gasteiger partial charge in [-0.3, -0.25) is 4.79 Å². The molecule has 1 aromatic rings. The smallest absolute Gasteiger partial charge is 0.268 e. The number of ether oxygens (including phenoxy) is 1. The Morgan fingerprint density at radius 3 is 2.88 bits per heavy atom. The van der Waals surface area contributed by atoms with Gasteiger partial charge in [0, 0.05) is 12.6 Å². The molecule has 92 valence electrons. The fourth-order valence-electron chi connectivity index (χ4n) is 2.03. The third-order valence-electron chi connectivity index (χ3n) is 3.04. The summed E-state index contributed by atoms with van der Waals surface area (Å²) in [5.74, 6) is 0.726. The van der Waals surface area contributed by atoms with Crippen LogP contribution < -0.4 is 15.4 Å². The summed E-state index contributed by atoms with van der Waals surface area (Å²) in [7, 11) is 0. The molecule has 2 rings (SSSR count). The molecular weight excluding hydrogens is 216 g/mol. The number of fused-ring (bicyclic) bond motifs is 1. The molecule has 0 aliphatic carbocycles. The lowest BCUT2D eigenvalue weighted by molar-refractivity contribution is -0.126. The number of hydrogen-bond acceptors (Lipinski definition) is 3. The van der Waals surface area contributed by atoms with Gasteiger partial charge in [-0.2, -0.15) is 0 Å². The molecule has 1 aliphatic rings. The van der Waals surface area contributed by atoms with E-state index in [1.54, 1.807) is 11.8 Å². The van der Waals surface area contributed by atoms with Gasteiger partial charge < -0.3 is 15.4 Å². The minimum atomic E-state index is -0.445. The molecule has 2 N–H and O–H groups in total. The van der Waals surface area contributed by atoms with Gasteiger partial charge in [0.2, 0.25) is 0 Å². The first-order chi connectivity index (χ1) is 8.04. The van der Waals surface area contributed by atoms with Crippen molar-refractivity contribution in [3.8, 4) is 5.75 Å². The van der Waals surface area contributed by atoms with Crippen LogP contribution in [0.25, 0.3) is 0 Å². The Morgan fingerprint density at radius 1 is 1.53 bits per heavy atom. The maximum absolute atomic E-state index is 12.1. The third kappa shape index (κ3) is 2.00. The number of nitrogens with zero attached hydrogens (tertiary/aromatic N) is 1. The molecule has 4 nitrogen and oxygen atoms in total. The van der Waals surface area contributed by atoms with E-state index in [2.05, 4.69) is 0 Å². The zero-order valence-electron chi connectivity index (χ0n) is 10.4. The van der Waals surface area contributed by atoms with Gasteiger partial charge in [0.15, 0.2) is 6.10 Å². The fourth-order valence-corrected chi connectivity index (χ4v) is 2.03. The summed E-state index contributed by atoms with van der Waals surface area (Å²) in [6, 6.07) is 5.83. The molecule has 1 aliphatic heterocycles. The second-order valence-electron chi connectivity index (χ2n) is 4.52. The summed E-state index contributed by atoms with van der Waals surface area (Å²) in [5.41, 5.74) is 7.60. The topological polar surface area (TPSA) is 55.6 Å². The van der Waals surface area contributed by atoms with Gasteiger partial charge in [0.25, 0.3) is 5.91 Å². The van der Waals surface area contributed by atoms with Crippen molar-refractivity contribution >= 4 is 11.6 Å². The number of carbonyl (C=O) groups is 1. The van der Waals surface area contributed by atoms with Gasteiger partial charge >= 0.3 is 0 Å². The van der Waals surface area contributed by atoms with E-state index in [0.29, 0.717) is 6.54 Å². The first-order valence-electron chi connectivity index (χ1n) is 5.85. The van der Waals surface area contributed by atoms with E-state index in [9.17, 15) is 4.79 Å².